The fraction of sp³-hybridized carbons (Fsp3) is 0.929. The molecule has 1 atom stereocenters. The van der Waals surface area contributed by atoms with E-state index >= 15 is 0 Å². The van der Waals surface area contributed by atoms with Crippen LogP contribution < -0.4 is 10.6 Å². The van der Waals surface area contributed by atoms with E-state index in [0.29, 0.717) is 6.04 Å². The number of piperazine rings is 1. The van der Waals surface area contributed by atoms with E-state index in [9.17, 15) is 0 Å². The van der Waals surface area contributed by atoms with Crippen molar-refractivity contribution >= 4 is 17.7 Å². The summed E-state index contributed by atoms with van der Waals surface area (Å²) >= 11 is 1.85. The van der Waals surface area contributed by atoms with Gasteiger partial charge in [-0.2, -0.15) is 11.8 Å². The lowest BCUT2D eigenvalue weighted by Crippen LogP contribution is -2.49. The summed E-state index contributed by atoms with van der Waals surface area (Å²) in [5.41, 5.74) is 0. The highest BCUT2D eigenvalue weighted by Gasteiger charge is 2.18. The average Bonchev–Trinajstić information content (AvgIpc) is 2.45. The largest absolute Gasteiger partial charge is 0.357 e. The molecule has 1 heterocycles. The van der Waals surface area contributed by atoms with Gasteiger partial charge in [-0.25, -0.2) is 0 Å². The van der Waals surface area contributed by atoms with Gasteiger partial charge in [0.15, 0.2) is 5.96 Å². The van der Waals surface area contributed by atoms with Crippen molar-refractivity contribution in [1.82, 2.24) is 20.4 Å². The molecule has 118 valence electrons. The highest BCUT2D eigenvalue weighted by atomic mass is 32.2. The van der Waals surface area contributed by atoms with Crippen LogP contribution in [-0.4, -0.2) is 86.7 Å². The Bertz CT molecular complexity index is 277. The van der Waals surface area contributed by atoms with Crippen LogP contribution in [0.1, 0.15) is 13.8 Å². The van der Waals surface area contributed by atoms with E-state index in [2.05, 4.69) is 47.6 Å². The Morgan fingerprint density at radius 1 is 1.25 bits per heavy atom. The monoisotopic (exact) mass is 301 g/mol. The molecule has 0 aromatic rings. The van der Waals surface area contributed by atoms with Gasteiger partial charge in [0, 0.05) is 51.1 Å². The summed E-state index contributed by atoms with van der Waals surface area (Å²) in [6.07, 6.45) is 2.13. The number of hydrogen-bond acceptors (Lipinski definition) is 4. The van der Waals surface area contributed by atoms with Crippen molar-refractivity contribution in [2.24, 2.45) is 4.99 Å². The molecule has 5 nitrogen and oxygen atoms in total. The number of guanidine groups is 1. The average molecular weight is 302 g/mol. The van der Waals surface area contributed by atoms with Crippen LogP contribution >= 0.6 is 11.8 Å². The summed E-state index contributed by atoms with van der Waals surface area (Å²) in [4.78, 5) is 9.64. The highest BCUT2D eigenvalue weighted by molar-refractivity contribution is 7.98. The Hall–Kier alpha value is -0.460. The third-order valence-corrected chi connectivity index (χ3v) is 4.23. The zero-order valence-electron chi connectivity index (χ0n) is 13.5. The van der Waals surface area contributed by atoms with Crippen LogP contribution in [0.25, 0.3) is 0 Å². The molecule has 1 aliphatic heterocycles. The summed E-state index contributed by atoms with van der Waals surface area (Å²) in [5, 5.41) is 6.69. The van der Waals surface area contributed by atoms with Crippen molar-refractivity contribution in [1.29, 1.82) is 0 Å². The van der Waals surface area contributed by atoms with Gasteiger partial charge >= 0.3 is 0 Å². The second-order valence-corrected chi connectivity index (χ2v) is 6.31. The highest BCUT2D eigenvalue weighted by Crippen LogP contribution is 2.05. The molecule has 0 amide bonds. The van der Waals surface area contributed by atoms with Crippen molar-refractivity contribution in [3.63, 3.8) is 0 Å². The molecule has 1 saturated heterocycles. The normalized spacial score (nSPS) is 19.9. The summed E-state index contributed by atoms with van der Waals surface area (Å²) < 4.78 is 0. The quantitative estimate of drug-likeness (QED) is 0.408. The van der Waals surface area contributed by atoms with Gasteiger partial charge < -0.3 is 15.5 Å². The maximum Gasteiger partial charge on any atom is 0.191 e. The van der Waals surface area contributed by atoms with E-state index < -0.39 is 0 Å². The van der Waals surface area contributed by atoms with Gasteiger partial charge in [0.1, 0.15) is 0 Å². The standard InChI is InChI=1S/C14H31N5S/c1-5-15-14(16-6-11-20-4)17-12-13(2)19-9-7-18(3)8-10-19/h13H,5-12H2,1-4H3,(H2,15,16,17). The topological polar surface area (TPSA) is 42.9 Å². The van der Waals surface area contributed by atoms with E-state index in [-0.39, 0.29) is 0 Å². The molecule has 0 bridgehead atoms. The summed E-state index contributed by atoms with van der Waals surface area (Å²) in [7, 11) is 2.19. The summed E-state index contributed by atoms with van der Waals surface area (Å²) in [5.74, 6) is 2.06. The summed E-state index contributed by atoms with van der Waals surface area (Å²) in [6, 6.07) is 0.514. The fourth-order valence-corrected chi connectivity index (χ4v) is 2.52. The molecule has 1 fully saturated rings. The third kappa shape index (κ3) is 6.81. The molecule has 0 spiro atoms. The lowest BCUT2D eigenvalue weighted by molar-refractivity contribution is 0.122. The van der Waals surface area contributed by atoms with Crippen molar-refractivity contribution < 1.29 is 0 Å². The van der Waals surface area contributed by atoms with Gasteiger partial charge in [-0.05, 0) is 27.2 Å². The number of hydrogen-bond donors (Lipinski definition) is 2. The Kier molecular flexibility index (Phi) is 9.05. The first-order chi connectivity index (χ1) is 9.67. The zero-order chi connectivity index (χ0) is 14.8. The molecule has 0 aromatic carbocycles. The lowest BCUT2D eigenvalue weighted by atomic mass is 10.2. The fourth-order valence-electron chi connectivity index (χ4n) is 2.21. The zero-order valence-corrected chi connectivity index (χ0v) is 14.3. The number of nitrogens with zero attached hydrogens (tertiary/aromatic N) is 3. The molecule has 1 aliphatic rings. The minimum Gasteiger partial charge on any atom is -0.357 e. The molecule has 1 unspecified atom stereocenters. The first kappa shape index (κ1) is 17.6. The van der Waals surface area contributed by atoms with Crippen LogP contribution in [0.3, 0.4) is 0 Å². The molecular formula is C14H31N5S. The van der Waals surface area contributed by atoms with E-state index in [0.717, 1.165) is 44.4 Å². The number of thioether (sulfide) groups is 1. The Morgan fingerprint density at radius 2 is 1.95 bits per heavy atom. The van der Waals surface area contributed by atoms with E-state index in [1.807, 2.05) is 11.8 Å². The van der Waals surface area contributed by atoms with Crippen molar-refractivity contribution in [2.75, 3.05) is 64.9 Å². The third-order valence-electron chi connectivity index (χ3n) is 3.62. The molecule has 0 aromatic heterocycles. The van der Waals surface area contributed by atoms with Crippen LogP contribution in [-0.2, 0) is 0 Å². The lowest BCUT2D eigenvalue weighted by Gasteiger charge is -2.35. The predicted molar refractivity (Wildman–Crippen MR) is 90.9 cm³/mol. The van der Waals surface area contributed by atoms with E-state index in [4.69, 9.17) is 4.99 Å². The van der Waals surface area contributed by atoms with Crippen LogP contribution in [0, 0.1) is 0 Å². The minimum absolute atomic E-state index is 0.514. The van der Waals surface area contributed by atoms with Gasteiger partial charge in [-0.15, -0.1) is 0 Å². The van der Waals surface area contributed by atoms with E-state index in [1.165, 1.54) is 13.1 Å². The maximum absolute atomic E-state index is 4.71. The summed E-state index contributed by atoms with van der Waals surface area (Å²) in [6.45, 7) is 11.8. The molecule has 6 heteroatoms. The SMILES string of the molecule is CCNC(=NCC(C)N1CCN(C)CC1)NCCSC. The van der Waals surface area contributed by atoms with Crippen LogP contribution in [0.15, 0.2) is 4.99 Å². The predicted octanol–water partition coefficient (Wildman–Crippen LogP) is 0.540. The van der Waals surface area contributed by atoms with Gasteiger partial charge in [0.05, 0.1) is 6.54 Å². The van der Waals surface area contributed by atoms with Crippen molar-refractivity contribution in [3.05, 3.63) is 0 Å². The second-order valence-electron chi connectivity index (χ2n) is 5.33. The number of nitrogens with one attached hydrogen (secondary N) is 2. The smallest absolute Gasteiger partial charge is 0.191 e. The van der Waals surface area contributed by atoms with Crippen LogP contribution in [0.5, 0.6) is 0 Å². The first-order valence-corrected chi connectivity index (χ1v) is 9.00. The Labute approximate surface area is 128 Å². The molecule has 20 heavy (non-hydrogen) atoms. The van der Waals surface area contributed by atoms with Crippen molar-refractivity contribution in [3.8, 4) is 0 Å². The van der Waals surface area contributed by atoms with E-state index in [1.54, 1.807) is 0 Å². The number of aliphatic imine (C=N–C) groups is 1. The second kappa shape index (κ2) is 10.3. The molecule has 2 N–H and O–H groups in total. The molecule has 0 radical (unpaired) electrons. The van der Waals surface area contributed by atoms with Crippen molar-refractivity contribution in [2.45, 2.75) is 19.9 Å². The molecule has 1 rings (SSSR count). The number of likely N-dealkylation sites (N-methyl/N-ethyl adjacent to an activating group) is 1. The van der Waals surface area contributed by atoms with Gasteiger partial charge in [0.25, 0.3) is 0 Å². The Morgan fingerprint density at radius 3 is 2.55 bits per heavy atom. The molecule has 0 saturated carbocycles. The van der Waals surface area contributed by atoms with Gasteiger partial charge in [0.2, 0.25) is 0 Å². The molecular weight excluding hydrogens is 270 g/mol. The van der Waals surface area contributed by atoms with Crippen LogP contribution in [0.2, 0.25) is 0 Å². The van der Waals surface area contributed by atoms with Gasteiger partial charge in [-0.3, -0.25) is 9.89 Å². The first-order valence-electron chi connectivity index (χ1n) is 7.61. The van der Waals surface area contributed by atoms with Gasteiger partial charge in [-0.1, -0.05) is 0 Å². The van der Waals surface area contributed by atoms with Crippen LogP contribution in [0.4, 0.5) is 0 Å². The maximum atomic E-state index is 4.71. The molecule has 0 aliphatic carbocycles. The number of rotatable bonds is 7. The minimum atomic E-state index is 0.514. The Balaban J connectivity index is 2.36.